The van der Waals surface area contributed by atoms with Gasteiger partial charge in [-0.05, 0) is 31.5 Å². The number of nitrogens with zero attached hydrogens (tertiary/aromatic N) is 3. The summed E-state index contributed by atoms with van der Waals surface area (Å²) in [6.45, 7) is 5.57. The number of hydrogen-bond acceptors (Lipinski definition) is 5. The van der Waals surface area contributed by atoms with E-state index < -0.39 is 10.0 Å². The van der Waals surface area contributed by atoms with Gasteiger partial charge in [0.1, 0.15) is 10.7 Å². The topological polar surface area (TPSA) is 82.1 Å². The highest BCUT2D eigenvalue weighted by Gasteiger charge is 2.31. The van der Waals surface area contributed by atoms with Crippen LogP contribution >= 0.6 is 23.2 Å². The molecule has 0 saturated heterocycles. The summed E-state index contributed by atoms with van der Waals surface area (Å²) in [5.74, 6) is 0.728. The van der Waals surface area contributed by atoms with Crippen LogP contribution in [0, 0.1) is 0 Å². The first-order chi connectivity index (χ1) is 15.6. The first-order valence-corrected chi connectivity index (χ1v) is 12.9. The number of rotatable bonds is 9. The molecule has 2 aromatic carbocycles. The number of amides is 1. The maximum absolute atomic E-state index is 13.2. The SMILES string of the molecule is CC(C)N(CCC(=O)N(C)Cc1ccc(C2=NCCN2)cc1)S(=O)(=O)c1c(Cl)cccc1Cl. The van der Waals surface area contributed by atoms with Gasteiger partial charge in [0.05, 0.1) is 16.6 Å². The van der Waals surface area contributed by atoms with Crippen LogP contribution in [0.2, 0.25) is 10.0 Å². The zero-order valence-corrected chi connectivity index (χ0v) is 21.2. The molecule has 178 valence electrons. The second kappa shape index (κ2) is 10.9. The van der Waals surface area contributed by atoms with Gasteiger partial charge in [0.15, 0.2) is 0 Å². The minimum absolute atomic E-state index is 0.0230. The number of aliphatic imine (C=N–C) groups is 1. The van der Waals surface area contributed by atoms with Crippen LogP contribution in [0.25, 0.3) is 0 Å². The van der Waals surface area contributed by atoms with Gasteiger partial charge in [-0.2, -0.15) is 4.31 Å². The minimum atomic E-state index is -3.97. The zero-order valence-electron chi connectivity index (χ0n) is 18.9. The molecule has 0 atom stereocenters. The molecule has 33 heavy (non-hydrogen) atoms. The van der Waals surface area contributed by atoms with E-state index in [-0.39, 0.29) is 39.9 Å². The molecule has 0 unspecified atom stereocenters. The molecule has 3 rings (SSSR count). The third-order valence-electron chi connectivity index (χ3n) is 5.35. The molecule has 0 saturated carbocycles. The van der Waals surface area contributed by atoms with Crippen molar-refractivity contribution < 1.29 is 13.2 Å². The molecule has 0 aromatic heterocycles. The van der Waals surface area contributed by atoms with Crippen LogP contribution in [0.3, 0.4) is 0 Å². The lowest BCUT2D eigenvalue weighted by Crippen LogP contribution is -2.40. The first kappa shape index (κ1) is 25.5. The number of halogens is 2. The van der Waals surface area contributed by atoms with Gasteiger partial charge in [-0.3, -0.25) is 9.79 Å². The molecule has 1 aliphatic rings. The Bertz CT molecular complexity index is 1110. The van der Waals surface area contributed by atoms with Gasteiger partial charge in [0, 0.05) is 44.7 Å². The second-order valence-electron chi connectivity index (χ2n) is 8.11. The molecule has 2 aromatic rings. The third-order valence-corrected chi connectivity index (χ3v) is 8.39. The highest BCUT2D eigenvalue weighted by molar-refractivity contribution is 7.89. The van der Waals surface area contributed by atoms with Gasteiger partial charge < -0.3 is 10.2 Å². The molecule has 1 aliphatic heterocycles. The summed E-state index contributed by atoms with van der Waals surface area (Å²) in [6, 6.07) is 12.1. The Morgan fingerprint density at radius 1 is 1.12 bits per heavy atom. The van der Waals surface area contributed by atoms with Crippen molar-refractivity contribution in [2.45, 2.75) is 37.8 Å². The van der Waals surface area contributed by atoms with Gasteiger partial charge in [-0.15, -0.1) is 0 Å². The lowest BCUT2D eigenvalue weighted by Gasteiger charge is -2.27. The first-order valence-electron chi connectivity index (χ1n) is 10.7. The van der Waals surface area contributed by atoms with Crippen LogP contribution in [-0.4, -0.2) is 62.1 Å². The van der Waals surface area contributed by atoms with Crippen molar-refractivity contribution in [3.8, 4) is 0 Å². The summed E-state index contributed by atoms with van der Waals surface area (Å²) >= 11 is 12.3. The van der Waals surface area contributed by atoms with E-state index in [0.29, 0.717) is 6.54 Å². The molecular weight excluding hydrogens is 483 g/mol. The summed E-state index contributed by atoms with van der Waals surface area (Å²) in [4.78, 5) is 18.6. The summed E-state index contributed by atoms with van der Waals surface area (Å²) in [7, 11) is -2.27. The molecule has 1 amide bonds. The molecule has 0 bridgehead atoms. The number of carbonyl (C=O) groups excluding carboxylic acids is 1. The monoisotopic (exact) mass is 510 g/mol. The van der Waals surface area contributed by atoms with Crippen molar-refractivity contribution in [1.29, 1.82) is 0 Å². The van der Waals surface area contributed by atoms with E-state index in [1.54, 1.807) is 31.9 Å². The molecular formula is C23H28Cl2N4O3S. The highest BCUT2D eigenvalue weighted by Crippen LogP contribution is 2.32. The Labute approximate surface area is 205 Å². The fourth-order valence-corrected chi connectivity index (χ4v) is 6.35. The van der Waals surface area contributed by atoms with E-state index in [1.807, 2.05) is 24.3 Å². The molecule has 0 fully saturated rings. The zero-order chi connectivity index (χ0) is 24.2. The lowest BCUT2D eigenvalue weighted by molar-refractivity contribution is -0.130. The Morgan fingerprint density at radius 3 is 2.30 bits per heavy atom. The van der Waals surface area contributed by atoms with E-state index in [9.17, 15) is 13.2 Å². The second-order valence-corrected chi connectivity index (χ2v) is 10.8. The standard InChI is InChI=1S/C23H28Cl2N4O3S/c1-16(2)29(33(31,32)22-19(24)5-4-6-20(22)25)14-11-21(30)28(3)15-17-7-9-18(10-8-17)23-26-12-13-27-23/h4-10,16H,11-15H2,1-3H3,(H,26,27). The molecule has 1 heterocycles. The maximum atomic E-state index is 13.2. The van der Waals surface area contributed by atoms with Crippen LogP contribution in [0.15, 0.2) is 52.4 Å². The van der Waals surface area contributed by atoms with Crippen LogP contribution in [0.1, 0.15) is 31.4 Å². The largest absolute Gasteiger partial charge is 0.368 e. The van der Waals surface area contributed by atoms with Crippen LogP contribution in [-0.2, 0) is 21.4 Å². The molecule has 1 N–H and O–H groups in total. The van der Waals surface area contributed by atoms with E-state index in [2.05, 4.69) is 10.3 Å². The summed E-state index contributed by atoms with van der Waals surface area (Å²) in [6.07, 6.45) is 0.0365. The number of nitrogens with one attached hydrogen (secondary N) is 1. The van der Waals surface area contributed by atoms with Crippen LogP contribution in [0.4, 0.5) is 0 Å². The predicted molar refractivity (Wildman–Crippen MR) is 132 cm³/mol. The van der Waals surface area contributed by atoms with Crippen molar-refractivity contribution in [3.63, 3.8) is 0 Å². The minimum Gasteiger partial charge on any atom is -0.368 e. The molecule has 7 nitrogen and oxygen atoms in total. The predicted octanol–water partition coefficient (Wildman–Crippen LogP) is 3.79. The van der Waals surface area contributed by atoms with Crippen molar-refractivity contribution in [2.75, 3.05) is 26.7 Å². The van der Waals surface area contributed by atoms with E-state index in [1.165, 1.54) is 16.4 Å². The Balaban J connectivity index is 1.65. The smallest absolute Gasteiger partial charge is 0.246 e. The van der Waals surface area contributed by atoms with Crippen molar-refractivity contribution in [2.24, 2.45) is 4.99 Å². The van der Waals surface area contributed by atoms with E-state index in [0.717, 1.165) is 30.1 Å². The average Bonchev–Trinajstić information content (AvgIpc) is 3.28. The molecule has 10 heteroatoms. The normalized spacial score (nSPS) is 13.8. The van der Waals surface area contributed by atoms with Gasteiger partial charge in [-0.1, -0.05) is 53.5 Å². The fraction of sp³-hybridized carbons (Fsp3) is 0.391. The number of sulfonamides is 1. The van der Waals surface area contributed by atoms with E-state index >= 15 is 0 Å². The van der Waals surface area contributed by atoms with Crippen LogP contribution < -0.4 is 5.32 Å². The Hall–Kier alpha value is -2.13. The highest BCUT2D eigenvalue weighted by atomic mass is 35.5. The van der Waals surface area contributed by atoms with Gasteiger partial charge in [0.2, 0.25) is 15.9 Å². The third kappa shape index (κ3) is 6.06. The van der Waals surface area contributed by atoms with Gasteiger partial charge in [-0.25, -0.2) is 8.42 Å². The number of benzene rings is 2. The lowest BCUT2D eigenvalue weighted by atomic mass is 10.1. The Kier molecular flexibility index (Phi) is 8.39. The van der Waals surface area contributed by atoms with E-state index in [4.69, 9.17) is 23.2 Å². The number of carbonyl (C=O) groups is 1. The summed E-state index contributed by atoms with van der Waals surface area (Å²) in [5.41, 5.74) is 1.99. The number of hydrogen-bond donors (Lipinski definition) is 1. The van der Waals surface area contributed by atoms with Crippen molar-refractivity contribution in [1.82, 2.24) is 14.5 Å². The maximum Gasteiger partial charge on any atom is 0.246 e. The van der Waals surface area contributed by atoms with Gasteiger partial charge in [0.25, 0.3) is 0 Å². The molecule has 0 radical (unpaired) electrons. The van der Waals surface area contributed by atoms with Gasteiger partial charge >= 0.3 is 0 Å². The quantitative estimate of drug-likeness (QED) is 0.556. The molecule has 0 aliphatic carbocycles. The van der Waals surface area contributed by atoms with Crippen molar-refractivity contribution >= 4 is 45.0 Å². The van der Waals surface area contributed by atoms with Crippen LogP contribution in [0.5, 0.6) is 0 Å². The summed E-state index contributed by atoms with van der Waals surface area (Å²) < 4.78 is 27.8. The average molecular weight is 511 g/mol. The Morgan fingerprint density at radius 2 is 1.76 bits per heavy atom. The number of amidine groups is 1. The summed E-state index contributed by atoms with van der Waals surface area (Å²) in [5, 5.41) is 3.34. The fourth-order valence-electron chi connectivity index (χ4n) is 3.62. The molecule has 0 spiro atoms. The van der Waals surface area contributed by atoms with Crippen molar-refractivity contribution in [3.05, 3.63) is 63.6 Å².